The molecule has 0 bridgehead atoms. The van der Waals surface area contributed by atoms with Gasteiger partial charge in [-0.1, -0.05) is 65.7 Å². The first kappa shape index (κ1) is 29.8. The van der Waals surface area contributed by atoms with Crippen LogP contribution in [-0.4, -0.2) is 47.3 Å². The average molecular weight is 613 g/mol. The van der Waals surface area contributed by atoms with Gasteiger partial charge in [0.2, 0.25) is 0 Å². The van der Waals surface area contributed by atoms with Crippen molar-refractivity contribution in [2.75, 3.05) is 13.7 Å². The van der Waals surface area contributed by atoms with Crippen LogP contribution in [0.1, 0.15) is 47.7 Å². The van der Waals surface area contributed by atoms with Gasteiger partial charge in [0.05, 0.1) is 35.0 Å². The Bertz CT molecular complexity index is 1700. The lowest BCUT2D eigenvalue weighted by molar-refractivity contribution is -0.559. The summed E-state index contributed by atoms with van der Waals surface area (Å²) in [6.07, 6.45) is 2.99. The second-order valence-electron chi connectivity index (χ2n) is 10.4. The van der Waals surface area contributed by atoms with Gasteiger partial charge >= 0.3 is 6.55 Å². The Kier molecular flexibility index (Phi) is 8.42. The van der Waals surface area contributed by atoms with Crippen LogP contribution in [0.5, 0.6) is 5.75 Å². The van der Waals surface area contributed by atoms with Crippen molar-refractivity contribution in [2.24, 2.45) is 4.99 Å². The van der Waals surface area contributed by atoms with E-state index in [1.54, 1.807) is 42.6 Å². The van der Waals surface area contributed by atoms with Gasteiger partial charge < -0.3 is 9.84 Å². The number of nitrogens with zero attached hydrogens (tertiary/aromatic N) is 3. The molecule has 10 heteroatoms. The standard InChI is InChI=1S/C32H27Cl2F3N3O2/c1-32(2,41)23-14-25(39-29(28(23)35)21-10-7-11-24(33)27(21)34)22(19-8-5-4-6-9-19)16-38-15-18-12-20-17-40(31(36)37)30(20)26(13-18)42-3/h4-15,17,22,31,41H,16H2,1-3H3/q+1. The molecule has 1 aromatic heterocycles. The average Bonchev–Trinajstić information content (AvgIpc) is 2.93. The molecule has 1 unspecified atom stereocenters. The van der Waals surface area contributed by atoms with E-state index in [-0.39, 0.29) is 27.8 Å². The summed E-state index contributed by atoms with van der Waals surface area (Å²) in [7, 11) is 1.42. The monoisotopic (exact) mass is 612 g/mol. The lowest BCUT2D eigenvalue weighted by Crippen LogP contribution is -2.24. The van der Waals surface area contributed by atoms with E-state index in [1.165, 1.54) is 27.2 Å². The third-order valence-corrected chi connectivity index (χ3v) is 7.84. The lowest BCUT2D eigenvalue weighted by Gasteiger charge is -2.24. The van der Waals surface area contributed by atoms with Gasteiger partial charge in [-0.15, -0.1) is 13.4 Å². The normalized spacial score (nSPS) is 13.6. The summed E-state index contributed by atoms with van der Waals surface area (Å²) in [5.41, 5.74) is 1.74. The van der Waals surface area contributed by atoms with Gasteiger partial charge in [-0.05, 0) is 49.2 Å². The highest BCUT2D eigenvalue weighted by Crippen LogP contribution is 2.40. The number of aliphatic imine (C=N–C) groups is 1. The number of rotatable bonds is 9. The molecular formula is C32H27Cl2F3N3O2+. The number of aliphatic hydroxyl groups is 1. The van der Waals surface area contributed by atoms with E-state index in [0.717, 1.165) is 10.1 Å². The number of halogens is 5. The number of ether oxygens (including phenoxy) is 1. The largest absolute Gasteiger partial charge is 0.490 e. The number of alkyl halides is 2. The van der Waals surface area contributed by atoms with Crippen molar-refractivity contribution in [1.82, 2.24) is 4.98 Å². The second kappa shape index (κ2) is 11.9. The molecule has 0 amide bonds. The van der Waals surface area contributed by atoms with Crippen LogP contribution in [0.2, 0.25) is 10.0 Å². The van der Waals surface area contributed by atoms with Crippen molar-refractivity contribution >= 4 is 41.3 Å². The molecule has 4 aromatic rings. The Hall–Kier alpha value is -3.72. The van der Waals surface area contributed by atoms with E-state index in [2.05, 4.69) is 4.99 Å². The fourth-order valence-corrected chi connectivity index (χ4v) is 5.31. The quantitative estimate of drug-likeness (QED) is 0.118. The van der Waals surface area contributed by atoms with Gasteiger partial charge in [-0.2, -0.15) is 0 Å². The van der Waals surface area contributed by atoms with Crippen molar-refractivity contribution in [3.63, 3.8) is 0 Å². The molecular weight excluding hydrogens is 586 g/mol. The minimum atomic E-state index is -2.67. The molecule has 0 saturated carbocycles. The van der Waals surface area contributed by atoms with E-state index < -0.39 is 23.9 Å². The first-order valence-corrected chi connectivity index (χ1v) is 13.8. The fraction of sp³-hybridized carbons (Fsp3) is 0.219. The molecule has 0 spiro atoms. The summed E-state index contributed by atoms with van der Waals surface area (Å²) < 4.78 is 48.6. The van der Waals surface area contributed by atoms with E-state index >= 15 is 4.39 Å². The Morgan fingerprint density at radius 1 is 1.07 bits per heavy atom. The molecule has 42 heavy (non-hydrogen) atoms. The van der Waals surface area contributed by atoms with Crippen molar-refractivity contribution in [3.8, 4) is 17.0 Å². The fourth-order valence-electron chi connectivity index (χ4n) is 4.92. The molecule has 0 radical (unpaired) electrons. The highest BCUT2D eigenvalue weighted by atomic mass is 35.5. The summed E-state index contributed by atoms with van der Waals surface area (Å²) in [6, 6.07) is 19.3. The van der Waals surface area contributed by atoms with Crippen molar-refractivity contribution in [1.29, 1.82) is 0 Å². The number of fused-ring (bicyclic) bond motifs is 1. The summed E-state index contributed by atoms with van der Waals surface area (Å²) in [6.45, 7) is 0.544. The van der Waals surface area contributed by atoms with Gasteiger partial charge in [0.15, 0.2) is 17.8 Å². The van der Waals surface area contributed by atoms with E-state index in [9.17, 15) is 13.9 Å². The first-order chi connectivity index (χ1) is 20.0. The zero-order valence-corrected chi connectivity index (χ0v) is 24.5. The van der Waals surface area contributed by atoms with Crippen LogP contribution in [0.25, 0.3) is 11.3 Å². The molecule has 3 aromatic carbocycles. The molecule has 216 valence electrons. The zero-order chi connectivity index (χ0) is 30.2. The lowest BCUT2D eigenvalue weighted by atomic mass is 9.89. The second-order valence-corrected chi connectivity index (χ2v) is 11.1. The van der Waals surface area contributed by atoms with Crippen LogP contribution < -0.4 is 4.74 Å². The molecule has 0 aliphatic carbocycles. The summed E-state index contributed by atoms with van der Waals surface area (Å²) in [5.74, 6) is -0.821. The molecule has 1 N–H and O–H groups in total. The number of hydrogen-bond donors (Lipinski definition) is 1. The number of aromatic nitrogens is 1. The van der Waals surface area contributed by atoms with E-state index in [4.69, 9.17) is 32.9 Å². The van der Waals surface area contributed by atoms with Crippen molar-refractivity contribution < 1.29 is 27.6 Å². The number of pyridine rings is 1. The van der Waals surface area contributed by atoms with Crippen LogP contribution in [0.15, 0.2) is 71.7 Å². The Labute approximate surface area is 251 Å². The number of benzene rings is 3. The summed E-state index contributed by atoms with van der Waals surface area (Å²) in [5, 5.41) is 11.3. The molecule has 0 fully saturated rings. The van der Waals surface area contributed by atoms with Crippen LogP contribution >= 0.6 is 23.2 Å². The Balaban J connectivity index is 1.58. The van der Waals surface area contributed by atoms with Gasteiger partial charge in [-0.25, -0.2) is 9.37 Å². The maximum Gasteiger partial charge on any atom is 0.451 e. The summed E-state index contributed by atoms with van der Waals surface area (Å²) in [4.78, 5) is 9.37. The SMILES string of the molecule is COc1cc(C=NCC(c2ccccc2)c2cc(C(C)(C)O)c(F)c(-c3cccc(Cl)c3Cl)n2)cc2c1[N+](C(F)F)=C2. The molecule has 0 saturated heterocycles. The van der Waals surface area contributed by atoms with Crippen LogP contribution in [0, 0.1) is 5.82 Å². The molecule has 1 aliphatic rings. The minimum Gasteiger partial charge on any atom is -0.490 e. The molecule has 1 atom stereocenters. The van der Waals surface area contributed by atoms with Gasteiger partial charge in [0.25, 0.3) is 5.69 Å². The van der Waals surface area contributed by atoms with Crippen LogP contribution in [0.4, 0.5) is 18.9 Å². The zero-order valence-electron chi connectivity index (χ0n) is 23.0. The summed E-state index contributed by atoms with van der Waals surface area (Å²) >= 11 is 12.7. The van der Waals surface area contributed by atoms with Crippen LogP contribution in [0.3, 0.4) is 0 Å². The Morgan fingerprint density at radius 3 is 2.48 bits per heavy atom. The van der Waals surface area contributed by atoms with Gasteiger partial charge in [0, 0.05) is 23.3 Å². The smallest absolute Gasteiger partial charge is 0.451 e. The maximum atomic E-state index is 15.9. The van der Waals surface area contributed by atoms with Crippen LogP contribution in [-0.2, 0) is 5.60 Å². The Morgan fingerprint density at radius 2 is 1.81 bits per heavy atom. The van der Waals surface area contributed by atoms with Crippen molar-refractivity contribution in [3.05, 3.63) is 111 Å². The maximum absolute atomic E-state index is 15.9. The van der Waals surface area contributed by atoms with Gasteiger partial charge in [-0.3, -0.25) is 4.99 Å². The number of methoxy groups -OCH3 is 1. The highest BCUT2D eigenvalue weighted by Gasteiger charge is 2.37. The first-order valence-electron chi connectivity index (χ1n) is 13.1. The number of hydrogen-bond acceptors (Lipinski definition) is 4. The van der Waals surface area contributed by atoms with Crippen molar-refractivity contribution in [2.45, 2.75) is 31.9 Å². The molecule has 5 nitrogen and oxygen atoms in total. The minimum absolute atomic E-state index is 0.0340. The van der Waals surface area contributed by atoms with Gasteiger partial charge in [0.1, 0.15) is 11.3 Å². The van der Waals surface area contributed by atoms with E-state index in [0.29, 0.717) is 33.8 Å². The third-order valence-electron chi connectivity index (χ3n) is 7.02. The molecule has 2 heterocycles. The predicted molar refractivity (Wildman–Crippen MR) is 160 cm³/mol. The van der Waals surface area contributed by atoms with E-state index in [1.807, 2.05) is 30.3 Å². The third kappa shape index (κ3) is 5.79. The topological polar surface area (TPSA) is 57.7 Å². The highest BCUT2D eigenvalue weighted by molar-refractivity contribution is 6.43. The molecule has 5 rings (SSSR count). The molecule has 1 aliphatic heterocycles. The predicted octanol–water partition coefficient (Wildman–Crippen LogP) is 7.98.